The highest BCUT2D eigenvalue weighted by molar-refractivity contribution is 7.89. The van der Waals surface area contributed by atoms with Crippen LogP contribution in [0.15, 0.2) is 64.1 Å². The minimum atomic E-state index is -3.72. The van der Waals surface area contributed by atoms with Crippen LogP contribution in [0.5, 0.6) is 0 Å². The molecule has 0 radical (unpaired) electrons. The van der Waals surface area contributed by atoms with Crippen LogP contribution in [0.25, 0.3) is 22.4 Å². The summed E-state index contributed by atoms with van der Waals surface area (Å²) in [7, 11) is -3.72. The van der Waals surface area contributed by atoms with Crippen LogP contribution in [-0.4, -0.2) is 19.3 Å². The third-order valence-corrected chi connectivity index (χ3v) is 4.32. The van der Waals surface area contributed by atoms with Gasteiger partial charge in [-0.2, -0.15) is 0 Å². The van der Waals surface area contributed by atoms with E-state index in [1.54, 1.807) is 12.1 Å². The number of amides is 1. The number of carbonyl (C=O) groups is 1. The number of nitrogens with two attached hydrogens (primary N) is 2. The molecule has 8 heteroatoms. The molecule has 1 heterocycles. The van der Waals surface area contributed by atoms with Gasteiger partial charge in [0.25, 0.3) is 5.89 Å². The molecule has 2 aromatic carbocycles. The van der Waals surface area contributed by atoms with Crippen molar-refractivity contribution in [2.24, 2.45) is 10.9 Å². The summed E-state index contributed by atoms with van der Waals surface area (Å²) < 4.78 is 27.6. The van der Waals surface area contributed by atoms with Crippen LogP contribution in [0.2, 0.25) is 0 Å². The second kappa shape index (κ2) is 5.91. The summed E-state index contributed by atoms with van der Waals surface area (Å²) in [5.41, 5.74) is 7.99. The summed E-state index contributed by atoms with van der Waals surface area (Å²) in [6.07, 6.45) is 1.35. The predicted octanol–water partition coefficient (Wildman–Crippen LogP) is 1.75. The van der Waals surface area contributed by atoms with Crippen molar-refractivity contribution in [3.8, 4) is 22.4 Å². The van der Waals surface area contributed by atoms with Crippen LogP contribution in [0.4, 0.5) is 0 Å². The Labute approximate surface area is 138 Å². The molecular formula is C16H13N3O4S. The number of primary amides is 1. The van der Waals surface area contributed by atoms with Gasteiger partial charge in [0.2, 0.25) is 10.0 Å². The lowest BCUT2D eigenvalue weighted by Crippen LogP contribution is -2.11. The van der Waals surface area contributed by atoms with Gasteiger partial charge in [0, 0.05) is 5.56 Å². The molecule has 0 atom stereocenters. The SMILES string of the molecule is NC(=O)c1nc(-c2cccc(-c3ccc(S(N)(=O)=O)cc3)c2)co1. The van der Waals surface area contributed by atoms with Gasteiger partial charge in [-0.25, -0.2) is 18.5 Å². The molecule has 1 aromatic heterocycles. The molecule has 24 heavy (non-hydrogen) atoms. The van der Waals surface area contributed by atoms with Crippen LogP contribution in [0.1, 0.15) is 10.7 Å². The van der Waals surface area contributed by atoms with E-state index in [0.29, 0.717) is 5.69 Å². The van der Waals surface area contributed by atoms with Crippen molar-refractivity contribution in [3.63, 3.8) is 0 Å². The Kier molecular flexibility index (Phi) is 3.92. The van der Waals surface area contributed by atoms with E-state index >= 15 is 0 Å². The fraction of sp³-hybridized carbons (Fsp3) is 0. The fourth-order valence-electron chi connectivity index (χ4n) is 2.21. The Morgan fingerprint density at radius 3 is 2.25 bits per heavy atom. The first-order valence-corrected chi connectivity index (χ1v) is 8.38. The van der Waals surface area contributed by atoms with Gasteiger partial charge in [-0.1, -0.05) is 30.3 Å². The zero-order valence-electron chi connectivity index (χ0n) is 12.3. The van der Waals surface area contributed by atoms with Gasteiger partial charge in [-0.05, 0) is 29.3 Å². The largest absolute Gasteiger partial charge is 0.440 e. The molecule has 0 saturated heterocycles. The summed E-state index contributed by atoms with van der Waals surface area (Å²) in [6.45, 7) is 0. The van der Waals surface area contributed by atoms with E-state index < -0.39 is 15.9 Å². The summed E-state index contributed by atoms with van der Waals surface area (Å²) in [4.78, 5) is 15.1. The number of carbonyl (C=O) groups excluding carboxylic acids is 1. The first-order valence-electron chi connectivity index (χ1n) is 6.83. The van der Waals surface area contributed by atoms with Crippen molar-refractivity contribution in [2.45, 2.75) is 4.90 Å². The number of nitrogens with zero attached hydrogens (tertiary/aromatic N) is 1. The quantitative estimate of drug-likeness (QED) is 0.745. The van der Waals surface area contributed by atoms with Gasteiger partial charge < -0.3 is 10.2 Å². The molecule has 0 unspecified atom stereocenters. The van der Waals surface area contributed by atoms with E-state index in [-0.39, 0.29) is 10.8 Å². The van der Waals surface area contributed by atoms with Gasteiger partial charge in [0.05, 0.1) is 4.90 Å². The average Bonchev–Trinajstić information content (AvgIpc) is 3.05. The van der Waals surface area contributed by atoms with Crippen LogP contribution < -0.4 is 10.9 Å². The highest BCUT2D eigenvalue weighted by Crippen LogP contribution is 2.26. The van der Waals surface area contributed by atoms with Gasteiger partial charge in [0.15, 0.2) is 0 Å². The highest BCUT2D eigenvalue weighted by atomic mass is 32.2. The second-order valence-corrected chi connectivity index (χ2v) is 6.61. The van der Waals surface area contributed by atoms with Crippen molar-refractivity contribution < 1.29 is 17.6 Å². The number of hydrogen-bond acceptors (Lipinski definition) is 5. The molecule has 3 rings (SSSR count). The zero-order valence-corrected chi connectivity index (χ0v) is 13.2. The summed E-state index contributed by atoms with van der Waals surface area (Å²) in [5.74, 6) is -0.899. The second-order valence-electron chi connectivity index (χ2n) is 5.05. The van der Waals surface area contributed by atoms with Crippen molar-refractivity contribution >= 4 is 15.9 Å². The molecule has 3 aromatic rings. The molecule has 0 bridgehead atoms. The number of oxazole rings is 1. The van der Waals surface area contributed by atoms with E-state index in [1.165, 1.54) is 18.4 Å². The van der Waals surface area contributed by atoms with Crippen LogP contribution >= 0.6 is 0 Å². The summed E-state index contributed by atoms with van der Waals surface area (Å²) >= 11 is 0. The minimum absolute atomic E-state index is 0.0463. The molecular weight excluding hydrogens is 330 g/mol. The Hall–Kier alpha value is -2.97. The van der Waals surface area contributed by atoms with E-state index in [2.05, 4.69) is 4.98 Å². The number of benzene rings is 2. The van der Waals surface area contributed by atoms with Crippen molar-refractivity contribution in [2.75, 3.05) is 0 Å². The van der Waals surface area contributed by atoms with Gasteiger partial charge >= 0.3 is 5.91 Å². The first kappa shape index (κ1) is 15.9. The molecule has 0 aliphatic rings. The smallest absolute Gasteiger partial charge is 0.304 e. The van der Waals surface area contributed by atoms with Crippen LogP contribution in [0.3, 0.4) is 0 Å². The lowest BCUT2D eigenvalue weighted by atomic mass is 10.0. The summed E-state index contributed by atoms with van der Waals surface area (Å²) in [5, 5.41) is 5.09. The Morgan fingerprint density at radius 1 is 1.00 bits per heavy atom. The highest BCUT2D eigenvalue weighted by Gasteiger charge is 2.12. The van der Waals surface area contributed by atoms with Crippen molar-refractivity contribution in [3.05, 3.63) is 60.7 Å². The molecule has 7 nitrogen and oxygen atoms in total. The van der Waals surface area contributed by atoms with E-state index in [4.69, 9.17) is 15.3 Å². The maximum atomic E-state index is 11.3. The van der Waals surface area contributed by atoms with Gasteiger partial charge in [-0.3, -0.25) is 4.79 Å². The predicted molar refractivity (Wildman–Crippen MR) is 87.3 cm³/mol. The summed E-state index contributed by atoms with van der Waals surface area (Å²) in [6, 6.07) is 13.5. The fourth-order valence-corrected chi connectivity index (χ4v) is 2.73. The first-order chi connectivity index (χ1) is 11.3. The molecule has 0 fully saturated rings. The molecule has 0 spiro atoms. The third-order valence-electron chi connectivity index (χ3n) is 3.39. The maximum Gasteiger partial charge on any atom is 0.304 e. The minimum Gasteiger partial charge on any atom is -0.440 e. The zero-order chi connectivity index (χ0) is 17.3. The van der Waals surface area contributed by atoms with Crippen LogP contribution in [0, 0.1) is 0 Å². The number of hydrogen-bond donors (Lipinski definition) is 2. The number of rotatable bonds is 4. The van der Waals surface area contributed by atoms with Gasteiger partial charge in [-0.15, -0.1) is 0 Å². The monoisotopic (exact) mass is 343 g/mol. The lowest BCUT2D eigenvalue weighted by Gasteiger charge is -2.05. The molecule has 0 aliphatic heterocycles. The molecule has 0 saturated carbocycles. The molecule has 4 N–H and O–H groups in total. The average molecular weight is 343 g/mol. The molecule has 1 amide bonds. The molecule has 0 aliphatic carbocycles. The van der Waals surface area contributed by atoms with E-state index in [9.17, 15) is 13.2 Å². The van der Waals surface area contributed by atoms with Crippen LogP contribution in [-0.2, 0) is 10.0 Å². The number of aromatic nitrogens is 1. The Balaban J connectivity index is 1.97. The van der Waals surface area contributed by atoms with Gasteiger partial charge in [0.1, 0.15) is 12.0 Å². The standard InChI is InChI=1S/C16H13N3O4S/c17-15(20)16-19-14(9-23-16)12-3-1-2-11(8-12)10-4-6-13(7-5-10)24(18,21)22/h1-9H,(H2,17,20)(H2,18,21,22). The van der Waals surface area contributed by atoms with Crippen molar-refractivity contribution in [1.29, 1.82) is 0 Å². The normalized spacial score (nSPS) is 11.4. The van der Waals surface area contributed by atoms with E-state index in [1.807, 2.05) is 24.3 Å². The number of primary sulfonamides is 1. The van der Waals surface area contributed by atoms with E-state index in [0.717, 1.165) is 16.7 Å². The maximum absolute atomic E-state index is 11.3. The number of sulfonamides is 1. The molecule has 122 valence electrons. The Bertz CT molecular complexity index is 1010. The lowest BCUT2D eigenvalue weighted by molar-refractivity contribution is 0.0967. The third kappa shape index (κ3) is 3.19. The topological polar surface area (TPSA) is 129 Å². The Morgan fingerprint density at radius 2 is 1.67 bits per heavy atom. The van der Waals surface area contributed by atoms with Crippen molar-refractivity contribution in [1.82, 2.24) is 4.98 Å².